The summed E-state index contributed by atoms with van der Waals surface area (Å²) in [6.45, 7) is 3.58. The molecule has 9 heteroatoms. The summed E-state index contributed by atoms with van der Waals surface area (Å²) in [7, 11) is 0. The Labute approximate surface area is 164 Å². The van der Waals surface area contributed by atoms with E-state index in [4.69, 9.17) is 13.4 Å². The largest absolute Gasteiger partial charge is 0.467 e. The summed E-state index contributed by atoms with van der Waals surface area (Å²) in [5, 5.41) is 11.0. The molecular formula is C20H18N4O5. The number of aromatic nitrogens is 3. The summed E-state index contributed by atoms with van der Waals surface area (Å²) in [4.78, 5) is 25.3. The molecule has 1 amide bonds. The molecule has 9 nitrogen and oxygen atoms in total. The fraction of sp³-hybridized carbons (Fsp3) is 0.200. The molecule has 4 aromatic rings. The molecule has 1 N–H and O–H groups in total. The molecule has 29 heavy (non-hydrogen) atoms. The first-order chi connectivity index (χ1) is 14.0. The van der Waals surface area contributed by atoms with Crippen LogP contribution in [0.2, 0.25) is 0 Å². The third-order valence-corrected chi connectivity index (χ3v) is 4.37. The van der Waals surface area contributed by atoms with E-state index in [1.54, 1.807) is 44.2 Å². The minimum absolute atomic E-state index is 0.214. The SMILES string of the molecule is Cc1cc(-c2cc(=O)n([C@H](C)C(=O)NCc3ccco3)nc2-c2ccco2)on1. The average Bonchev–Trinajstić information content (AvgIpc) is 3.47. The highest BCUT2D eigenvalue weighted by Crippen LogP contribution is 2.30. The number of hydrogen-bond acceptors (Lipinski definition) is 7. The second-order valence-corrected chi connectivity index (χ2v) is 6.47. The Kier molecular flexibility index (Phi) is 4.86. The first-order valence-corrected chi connectivity index (χ1v) is 8.94. The molecule has 148 valence electrons. The minimum Gasteiger partial charge on any atom is -0.467 e. The Balaban J connectivity index is 1.69. The van der Waals surface area contributed by atoms with Gasteiger partial charge in [-0.2, -0.15) is 5.10 Å². The topological polar surface area (TPSA) is 116 Å². The van der Waals surface area contributed by atoms with Gasteiger partial charge in [-0.05, 0) is 38.1 Å². The highest BCUT2D eigenvalue weighted by Gasteiger charge is 2.23. The van der Waals surface area contributed by atoms with Crippen LogP contribution in [0.15, 0.2) is 67.1 Å². The van der Waals surface area contributed by atoms with Crippen LogP contribution in [0.4, 0.5) is 0 Å². The Morgan fingerprint density at radius 2 is 1.97 bits per heavy atom. The van der Waals surface area contributed by atoms with E-state index < -0.39 is 11.6 Å². The number of nitrogens with zero attached hydrogens (tertiary/aromatic N) is 3. The third-order valence-electron chi connectivity index (χ3n) is 4.37. The lowest BCUT2D eigenvalue weighted by molar-refractivity contribution is -0.124. The van der Waals surface area contributed by atoms with Crippen LogP contribution in [0.25, 0.3) is 22.8 Å². The maximum atomic E-state index is 12.7. The fourth-order valence-electron chi connectivity index (χ4n) is 2.87. The van der Waals surface area contributed by atoms with Crippen molar-refractivity contribution >= 4 is 5.91 Å². The van der Waals surface area contributed by atoms with Crippen LogP contribution in [0.1, 0.15) is 24.4 Å². The maximum absolute atomic E-state index is 12.7. The first-order valence-electron chi connectivity index (χ1n) is 8.94. The van der Waals surface area contributed by atoms with Gasteiger partial charge in [-0.1, -0.05) is 5.16 Å². The lowest BCUT2D eigenvalue weighted by Gasteiger charge is -2.15. The molecule has 0 aliphatic rings. The van der Waals surface area contributed by atoms with E-state index in [1.807, 2.05) is 0 Å². The van der Waals surface area contributed by atoms with Crippen molar-refractivity contribution in [3.8, 4) is 22.8 Å². The molecule has 0 spiro atoms. The second-order valence-electron chi connectivity index (χ2n) is 6.47. The van der Waals surface area contributed by atoms with Crippen molar-refractivity contribution in [2.45, 2.75) is 26.4 Å². The number of carbonyl (C=O) groups is 1. The van der Waals surface area contributed by atoms with Crippen LogP contribution in [0.3, 0.4) is 0 Å². The molecule has 0 bridgehead atoms. The number of nitrogens with one attached hydrogen (secondary N) is 1. The van der Waals surface area contributed by atoms with Crippen LogP contribution in [-0.2, 0) is 11.3 Å². The molecule has 0 fully saturated rings. The van der Waals surface area contributed by atoms with Gasteiger partial charge in [0.05, 0.1) is 30.3 Å². The van der Waals surface area contributed by atoms with Crippen molar-refractivity contribution in [1.29, 1.82) is 0 Å². The van der Waals surface area contributed by atoms with Crippen LogP contribution in [0, 0.1) is 6.92 Å². The Hall–Kier alpha value is -3.88. The van der Waals surface area contributed by atoms with Gasteiger partial charge in [0.15, 0.2) is 11.5 Å². The van der Waals surface area contributed by atoms with Gasteiger partial charge in [0.25, 0.3) is 5.56 Å². The summed E-state index contributed by atoms with van der Waals surface area (Å²) in [6.07, 6.45) is 3.03. The Morgan fingerprint density at radius 1 is 1.17 bits per heavy atom. The first kappa shape index (κ1) is 18.5. The third kappa shape index (κ3) is 3.75. The van der Waals surface area contributed by atoms with Crippen molar-refractivity contribution < 1.29 is 18.2 Å². The van der Waals surface area contributed by atoms with E-state index in [0.29, 0.717) is 34.2 Å². The van der Waals surface area contributed by atoms with E-state index in [-0.39, 0.29) is 12.5 Å². The van der Waals surface area contributed by atoms with Crippen molar-refractivity contribution in [2.75, 3.05) is 0 Å². The van der Waals surface area contributed by atoms with Crippen molar-refractivity contribution in [3.63, 3.8) is 0 Å². The van der Waals surface area contributed by atoms with Crippen LogP contribution in [0.5, 0.6) is 0 Å². The molecule has 0 unspecified atom stereocenters. The zero-order valence-corrected chi connectivity index (χ0v) is 15.8. The van der Waals surface area contributed by atoms with Crippen LogP contribution < -0.4 is 10.9 Å². The molecule has 4 rings (SSSR count). The minimum atomic E-state index is -0.850. The predicted octanol–water partition coefficient (Wildman–Crippen LogP) is 2.94. The van der Waals surface area contributed by atoms with Crippen molar-refractivity contribution in [3.05, 3.63) is 70.7 Å². The van der Waals surface area contributed by atoms with Crippen molar-refractivity contribution in [1.82, 2.24) is 20.3 Å². The summed E-state index contributed by atoms with van der Waals surface area (Å²) < 4.78 is 17.1. The predicted molar refractivity (Wildman–Crippen MR) is 102 cm³/mol. The summed E-state index contributed by atoms with van der Waals surface area (Å²) in [6, 6.07) is 9.12. The molecule has 0 aliphatic heterocycles. The summed E-state index contributed by atoms with van der Waals surface area (Å²) >= 11 is 0. The number of rotatable bonds is 6. The Morgan fingerprint density at radius 3 is 2.62 bits per heavy atom. The van der Waals surface area contributed by atoms with Gasteiger partial charge in [-0.15, -0.1) is 0 Å². The molecular weight excluding hydrogens is 376 g/mol. The van der Waals surface area contributed by atoms with E-state index in [0.717, 1.165) is 4.68 Å². The van der Waals surface area contributed by atoms with Gasteiger partial charge in [-0.25, -0.2) is 4.68 Å². The molecule has 1 atom stereocenters. The van der Waals surface area contributed by atoms with E-state index >= 15 is 0 Å². The molecule has 0 saturated heterocycles. The zero-order valence-electron chi connectivity index (χ0n) is 15.8. The monoisotopic (exact) mass is 394 g/mol. The van der Waals surface area contributed by atoms with Gasteiger partial charge >= 0.3 is 0 Å². The maximum Gasteiger partial charge on any atom is 0.268 e. The number of amides is 1. The van der Waals surface area contributed by atoms with Crippen LogP contribution >= 0.6 is 0 Å². The molecule has 0 aromatic carbocycles. The lowest BCUT2D eigenvalue weighted by atomic mass is 10.1. The van der Waals surface area contributed by atoms with E-state index in [1.165, 1.54) is 18.6 Å². The summed E-state index contributed by atoms with van der Waals surface area (Å²) in [5.74, 6) is 1.06. The van der Waals surface area contributed by atoms with E-state index in [9.17, 15) is 9.59 Å². The Bertz CT molecular complexity index is 1170. The number of furan rings is 2. The zero-order chi connectivity index (χ0) is 20.4. The van der Waals surface area contributed by atoms with Crippen molar-refractivity contribution in [2.24, 2.45) is 0 Å². The van der Waals surface area contributed by atoms with Gasteiger partial charge in [0.1, 0.15) is 17.5 Å². The van der Waals surface area contributed by atoms with Gasteiger partial charge in [-0.3, -0.25) is 9.59 Å². The molecule has 0 aliphatic carbocycles. The number of aryl methyl sites for hydroxylation is 1. The normalized spacial score (nSPS) is 12.1. The quantitative estimate of drug-likeness (QED) is 0.534. The van der Waals surface area contributed by atoms with Gasteiger partial charge in [0.2, 0.25) is 5.91 Å². The fourth-order valence-corrected chi connectivity index (χ4v) is 2.87. The average molecular weight is 394 g/mol. The number of carbonyl (C=O) groups excluding carboxylic acids is 1. The highest BCUT2D eigenvalue weighted by atomic mass is 16.5. The second kappa shape index (κ2) is 7.63. The highest BCUT2D eigenvalue weighted by molar-refractivity contribution is 5.80. The molecule has 0 saturated carbocycles. The number of hydrogen-bond donors (Lipinski definition) is 1. The van der Waals surface area contributed by atoms with Gasteiger partial charge in [0, 0.05) is 12.1 Å². The molecule has 0 radical (unpaired) electrons. The van der Waals surface area contributed by atoms with Crippen LogP contribution in [-0.4, -0.2) is 20.8 Å². The smallest absolute Gasteiger partial charge is 0.268 e. The molecule has 4 heterocycles. The van der Waals surface area contributed by atoms with Gasteiger partial charge < -0.3 is 18.7 Å². The molecule has 4 aromatic heterocycles. The lowest BCUT2D eigenvalue weighted by Crippen LogP contribution is -2.37. The van der Waals surface area contributed by atoms with E-state index in [2.05, 4.69) is 15.6 Å². The standard InChI is InChI=1S/C20H18N4O5/c1-12-9-17(29-23-12)15-10-18(25)24(22-19(15)16-6-4-8-28-16)13(2)20(26)21-11-14-5-3-7-27-14/h3-10,13H,11H2,1-2H3,(H,21,26)/t13-/m1/s1. The summed E-state index contributed by atoms with van der Waals surface area (Å²) in [5.41, 5.74) is 1.02.